The van der Waals surface area contributed by atoms with E-state index in [9.17, 15) is 4.79 Å². The molecule has 1 aromatic rings. The molecule has 1 rings (SSSR count). The lowest BCUT2D eigenvalue weighted by Crippen LogP contribution is -2.03. The zero-order valence-corrected chi connectivity index (χ0v) is 13.0. The van der Waals surface area contributed by atoms with Crippen molar-refractivity contribution in [1.82, 2.24) is 0 Å². The number of esters is 1. The van der Waals surface area contributed by atoms with Crippen molar-refractivity contribution < 1.29 is 19.0 Å². The number of hydrogen-bond donors (Lipinski definition) is 0. The Morgan fingerprint density at radius 3 is 2.20 bits per heavy atom. The lowest BCUT2D eigenvalue weighted by Gasteiger charge is -2.09. The van der Waals surface area contributed by atoms with Gasteiger partial charge in [-0.3, -0.25) is 0 Å². The van der Waals surface area contributed by atoms with E-state index in [1.54, 1.807) is 12.1 Å². The Hall–Kier alpha value is -2.22. The largest absolute Gasteiger partial charge is 0.493 e. The summed E-state index contributed by atoms with van der Waals surface area (Å²) in [4.78, 5) is 11.2. The van der Waals surface area contributed by atoms with E-state index in [0.717, 1.165) is 0 Å². The predicted molar refractivity (Wildman–Crippen MR) is 78.1 cm³/mol. The van der Waals surface area contributed by atoms with Gasteiger partial charge in [-0.1, -0.05) is 27.7 Å². The maximum atomic E-state index is 11.2. The molecule has 0 fully saturated rings. The second-order valence-electron chi connectivity index (χ2n) is 2.80. The van der Waals surface area contributed by atoms with Gasteiger partial charge in [-0.25, -0.2) is 4.79 Å². The van der Waals surface area contributed by atoms with Crippen LogP contribution in [0.1, 0.15) is 38.1 Å². The van der Waals surface area contributed by atoms with E-state index in [1.165, 1.54) is 20.3 Å². The first-order chi connectivity index (χ1) is 9.72. The Labute approximate surface area is 121 Å². The molecule has 0 saturated carbocycles. The molecule has 0 radical (unpaired) electrons. The van der Waals surface area contributed by atoms with Gasteiger partial charge in [0.25, 0.3) is 0 Å². The van der Waals surface area contributed by atoms with E-state index in [-0.39, 0.29) is 6.61 Å². The lowest BCUT2D eigenvalue weighted by atomic mass is 10.2. The van der Waals surface area contributed by atoms with Crippen LogP contribution in [0.4, 0.5) is 0 Å². The number of hydrogen-bond acceptors (Lipinski definition) is 5. The fourth-order valence-electron chi connectivity index (χ4n) is 1.14. The van der Waals surface area contributed by atoms with E-state index < -0.39 is 5.97 Å². The number of nitriles is 1. The Morgan fingerprint density at radius 2 is 1.75 bits per heavy atom. The quantitative estimate of drug-likeness (QED) is 0.791. The summed E-state index contributed by atoms with van der Waals surface area (Å²) in [6.45, 7) is 7.92. The third-order valence-corrected chi connectivity index (χ3v) is 1.88. The molecule has 0 spiro atoms. The smallest absolute Gasteiger partial charge is 0.337 e. The molecule has 0 aromatic heterocycles. The number of carbonyl (C=O) groups is 1. The standard InChI is InChI=1S/C11H11NO4.2C2H6/c1-14-10-7-8(11(13)15-2)3-4-9(10)16-6-5-12;2*1-2/h3-4,7H,6H2,1-2H3;2*1-2H3. The van der Waals surface area contributed by atoms with E-state index in [1.807, 2.05) is 33.8 Å². The van der Waals surface area contributed by atoms with E-state index in [4.69, 9.17) is 14.7 Å². The molecule has 0 amide bonds. The second-order valence-corrected chi connectivity index (χ2v) is 2.80. The minimum atomic E-state index is -0.454. The van der Waals surface area contributed by atoms with E-state index in [2.05, 4.69) is 4.74 Å². The molecule has 112 valence electrons. The van der Waals surface area contributed by atoms with Gasteiger partial charge in [0.05, 0.1) is 19.8 Å². The highest BCUT2D eigenvalue weighted by Gasteiger charge is 2.10. The van der Waals surface area contributed by atoms with Gasteiger partial charge in [0.15, 0.2) is 18.1 Å². The first-order valence-electron chi connectivity index (χ1n) is 6.49. The molecule has 5 heteroatoms. The van der Waals surface area contributed by atoms with Crippen molar-refractivity contribution in [1.29, 1.82) is 5.26 Å². The average molecular weight is 281 g/mol. The summed E-state index contributed by atoms with van der Waals surface area (Å²) in [7, 11) is 2.75. The lowest BCUT2D eigenvalue weighted by molar-refractivity contribution is 0.0600. The Bertz CT molecular complexity index is 424. The monoisotopic (exact) mass is 281 g/mol. The van der Waals surface area contributed by atoms with Crippen molar-refractivity contribution in [3.05, 3.63) is 23.8 Å². The van der Waals surface area contributed by atoms with Crippen molar-refractivity contribution in [2.45, 2.75) is 27.7 Å². The normalized spacial score (nSPS) is 7.85. The summed E-state index contributed by atoms with van der Waals surface area (Å²) in [5.41, 5.74) is 0.364. The topological polar surface area (TPSA) is 68.5 Å². The molecule has 20 heavy (non-hydrogen) atoms. The van der Waals surface area contributed by atoms with Crippen LogP contribution in [0.5, 0.6) is 11.5 Å². The van der Waals surface area contributed by atoms with Crippen LogP contribution in [0.2, 0.25) is 0 Å². The molecule has 0 saturated heterocycles. The molecule has 0 unspecified atom stereocenters. The van der Waals surface area contributed by atoms with Gasteiger partial charge in [-0.15, -0.1) is 0 Å². The third kappa shape index (κ3) is 6.64. The van der Waals surface area contributed by atoms with Crippen LogP contribution >= 0.6 is 0 Å². The zero-order chi connectivity index (χ0) is 16.0. The molecule has 0 aliphatic heterocycles. The van der Waals surface area contributed by atoms with Crippen LogP contribution in [-0.2, 0) is 4.74 Å². The number of methoxy groups -OCH3 is 2. The van der Waals surface area contributed by atoms with Gasteiger partial charge in [-0.05, 0) is 18.2 Å². The van der Waals surface area contributed by atoms with Crippen LogP contribution in [0.3, 0.4) is 0 Å². The molecular formula is C15H23NO4. The second kappa shape index (κ2) is 13.2. The summed E-state index contributed by atoms with van der Waals surface area (Å²) in [5, 5.41) is 8.38. The number of nitrogens with zero attached hydrogens (tertiary/aromatic N) is 1. The van der Waals surface area contributed by atoms with Crippen molar-refractivity contribution >= 4 is 5.97 Å². The van der Waals surface area contributed by atoms with Gasteiger partial charge in [-0.2, -0.15) is 5.26 Å². The maximum absolute atomic E-state index is 11.2. The molecule has 0 heterocycles. The van der Waals surface area contributed by atoms with E-state index >= 15 is 0 Å². The van der Waals surface area contributed by atoms with Crippen molar-refractivity contribution in [3.63, 3.8) is 0 Å². The minimum absolute atomic E-state index is 0.0755. The first-order valence-corrected chi connectivity index (χ1v) is 6.49. The highest BCUT2D eigenvalue weighted by molar-refractivity contribution is 5.90. The van der Waals surface area contributed by atoms with Crippen molar-refractivity contribution in [2.24, 2.45) is 0 Å². The van der Waals surface area contributed by atoms with Gasteiger partial charge in [0.2, 0.25) is 0 Å². The summed E-state index contributed by atoms with van der Waals surface area (Å²) in [6.07, 6.45) is 0. The maximum Gasteiger partial charge on any atom is 0.337 e. The summed E-state index contributed by atoms with van der Waals surface area (Å²) < 4.78 is 14.7. The molecule has 0 atom stereocenters. The Morgan fingerprint density at radius 1 is 1.15 bits per heavy atom. The van der Waals surface area contributed by atoms with Crippen molar-refractivity contribution in [3.8, 4) is 17.6 Å². The molecule has 0 bridgehead atoms. The van der Waals surface area contributed by atoms with Gasteiger partial charge in [0.1, 0.15) is 6.07 Å². The highest BCUT2D eigenvalue weighted by atomic mass is 16.5. The third-order valence-electron chi connectivity index (χ3n) is 1.88. The van der Waals surface area contributed by atoms with E-state index in [0.29, 0.717) is 17.1 Å². The zero-order valence-electron chi connectivity index (χ0n) is 13.0. The molecule has 0 N–H and O–H groups in total. The molecular weight excluding hydrogens is 258 g/mol. The molecule has 0 aliphatic rings. The summed E-state index contributed by atoms with van der Waals surface area (Å²) in [5.74, 6) is 0.347. The molecule has 5 nitrogen and oxygen atoms in total. The average Bonchev–Trinajstić information content (AvgIpc) is 2.55. The van der Waals surface area contributed by atoms with Crippen LogP contribution in [0, 0.1) is 11.3 Å². The van der Waals surface area contributed by atoms with Gasteiger partial charge in [0, 0.05) is 0 Å². The van der Waals surface area contributed by atoms with Crippen LogP contribution in [0.15, 0.2) is 18.2 Å². The van der Waals surface area contributed by atoms with Crippen LogP contribution in [-0.4, -0.2) is 26.8 Å². The first kappa shape index (κ1) is 20.1. The van der Waals surface area contributed by atoms with Crippen molar-refractivity contribution in [2.75, 3.05) is 20.8 Å². The Balaban J connectivity index is 0. The van der Waals surface area contributed by atoms with Crippen LogP contribution < -0.4 is 9.47 Å². The molecule has 1 aromatic carbocycles. The molecule has 0 aliphatic carbocycles. The number of carbonyl (C=O) groups excluding carboxylic acids is 1. The fraction of sp³-hybridized carbons (Fsp3) is 0.467. The van der Waals surface area contributed by atoms with Gasteiger partial charge < -0.3 is 14.2 Å². The number of ether oxygens (including phenoxy) is 3. The predicted octanol–water partition coefficient (Wildman–Crippen LogP) is 3.44. The number of rotatable bonds is 4. The number of benzene rings is 1. The Kier molecular flexibility index (Phi) is 13.3. The highest BCUT2D eigenvalue weighted by Crippen LogP contribution is 2.28. The summed E-state index contributed by atoms with van der Waals surface area (Å²) >= 11 is 0. The van der Waals surface area contributed by atoms with Gasteiger partial charge >= 0.3 is 5.97 Å². The summed E-state index contributed by atoms with van der Waals surface area (Å²) in [6, 6.07) is 6.45. The SMILES string of the molecule is CC.CC.COC(=O)c1ccc(OCC#N)c(OC)c1. The minimum Gasteiger partial charge on any atom is -0.493 e. The fourth-order valence-corrected chi connectivity index (χ4v) is 1.14. The van der Waals surface area contributed by atoms with Crippen LogP contribution in [0.25, 0.3) is 0 Å².